The number of halogens is 1. The number of anilines is 1. The molecule has 2 atom stereocenters. The molecule has 0 radical (unpaired) electrons. The lowest BCUT2D eigenvalue weighted by atomic mass is 9.78. The number of fused-ring (bicyclic) bond motifs is 1. The molecule has 24 heavy (non-hydrogen) atoms. The predicted molar refractivity (Wildman–Crippen MR) is 85.4 cm³/mol. The van der Waals surface area contributed by atoms with Crippen molar-refractivity contribution in [1.82, 2.24) is 10.2 Å². The van der Waals surface area contributed by atoms with Crippen molar-refractivity contribution in [2.45, 2.75) is 24.5 Å². The van der Waals surface area contributed by atoms with Gasteiger partial charge in [0.15, 0.2) is 19.4 Å². The molecule has 11 heteroatoms. The van der Waals surface area contributed by atoms with Crippen LogP contribution < -0.4 is 16.5 Å². The van der Waals surface area contributed by atoms with Crippen molar-refractivity contribution < 1.29 is 29.0 Å². The van der Waals surface area contributed by atoms with Crippen LogP contribution in [0.5, 0.6) is 5.75 Å². The van der Waals surface area contributed by atoms with Crippen molar-refractivity contribution in [3.63, 3.8) is 0 Å². The second-order valence-electron chi connectivity index (χ2n) is 6.11. The summed E-state index contributed by atoms with van der Waals surface area (Å²) < 4.78 is 14.1. The molecule has 2 unspecified atom stereocenters. The summed E-state index contributed by atoms with van der Waals surface area (Å²) in [6.07, 6.45) is 0.0225. The first kappa shape index (κ1) is 16.3. The Morgan fingerprint density at radius 3 is 2.58 bits per heavy atom. The minimum Gasteiger partial charge on any atom is -0.503 e. The highest BCUT2D eigenvalue weighted by Crippen LogP contribution is 2.43. The van der Waals surface area contributed by atoms with Crippen LogP contribution in [-0.4, -0.2) is 54.6 Å². The zero-order valence-corrected chi connectivity index (χ0v) is 13.0. The molecule has 0 aliphatic carbocycles. The standard InChI is InChI=1S/C13H14B2FN3O5/c14-7-5-6(9(17)10(21)8(7)16)13(15,24)19(12(5)23)3-1-2-4(20)18-11(3)22/h3,21,24H,1-2,14-15,17H2,(H,18,20,22). The van der Waals surface area contributed by atoms with Crippen LogP contribution in [0.1, 0.15) is 28.8 Å². The lowest BCUT2D eigenvalue weighted by Gasteiger charge is -2.38. The number of hydrogen-bond donors (Lipinski definition) is 4. The van der Waals surface area contributed by atoms with Gasteiger partial charge in [0.1, 0.15) is 19.5 Å². The number of aromatic hydroxyl groups is 1. The van der Waals surface area contributed by atoms with Crippen molar-refractivity contribution in [2.75, 3.05) is 5.73 Å². The molecule has 2 aliphatic heterocycles. The molecule has 2 aliphatic rings. The SMILES string of the molecule is Bc1c(F)c(O)c(N)c2c1C(=O)N(C1CCC(=O)NC1=O)C2(B)O. The molecule has 1 aromatic carbocycles. The van der Waals surface area contributed by atoms with Gasteiger partial charge in [-0.15, -0.1) is 0 Å². The smallest absolute Gasteiger partial charge is 0.256 e. The van der Waals surface area contributed by atoms with E-state index in [0.29, 0.717) is 0 Å². The van der Waals surface area contributed by atoms with E-state index < -0.39 is 46.6 Å². The number of nitrogens with two attached hydrogens (primary N) is 1. The lowest BCUT2D eigenvalue weighted by Crippen LogP contribution is -2.59. The summed E-state index contributed by atoms with van der Waals surface area (Å²) in [6.45, 7) is 0. The summed E-state index contributed by atoms with van der Waals surface area (Å²) in [5, 5.41) is 22.8. The summed E-state index contributed by atoms with van der Waals surface area (Å²) in [7, 11) is 2.50. The zero-order chi connectivity index (χ0) is 18.0. The van der Waals surface area contributed by atoms with Crippen molar-refractivity contribution in [1.29, 1.82) is 0 Å². The van der Waals surface area contributed by atoms with Gasteiger partial charge >= 0.3 is 0 Å². The number of carbonyl (C=O) groups is 3. The fraction of sp³-hybridized carbons (Fsp3) is 0.308. The normalized spacial score (nSPS) is 26.5. The Labute approximate surface area is 137 Å². The van der Waals surface area contributed by atoms with Crippen LogP contribution >= 0.6 is 0 Å². The molecule has 1 fully saturated rings. The fourth-order valence-corrected chi connectivity index (χ4v) is 3.42. The van der Waals surface area contributed by atoms with Crippen LogP contribution in [0.25, 0.3) is 0 Å². The Morgan fingerprint density at radius 1 is 1.38 bits per heavy atom. The summed E-state index contributed by atoms with van der Waals surface area (Å²) in [5.74, 6) is -3.90. The molecular formula is C13H14B2FN3O5. The van der Waals surface area contributed by atoms with Crippen LogP contribution in [0.4, 0.5) is 10.1 Å². The predicted octanol–water partition coefficient (Wildman–Crippen LogP) is -3.63. The number of rotatable bonds is 1. The van der Waals surface area contributed by atoms with Gasteiger partial charge in [-0.05, 0) is 11.9 Å². The van der Waals surface area contributed by atoms with Crippen molar-refractivity contribution in [3.05, 3.63) is 16.9 Å². The van der Waals surface area contributed by atoms with Gasteiger partial charge in [-0.3, -0.25) is 19.7 Å². The average Bonchev–Trinajstić information content (AvgIpc) is 2.70. The Morgan fingerprint density at radius 2 is 2.00 bits per heavy atom. The number of amides is 3. The second-order valence-corrected chi connectivity index (χ2v) is 6.11. The van der Waals surface area contributed by atoms with E-state index in [1.165, 1.54) is 15.7 Å². The largest absolute Gasteiger partial charge is 0.503 e. The van der Waals surface area contributed by atoms with E-state index in [1.54, 1.807) is 0 Å². The lowest BCUT2D eigenvalue weighted by molar-refractivity contribution is -0.141. The number of hydrogen-bond acceptors (Lipinski definition) is 6. The fourth-order valence-electron chi connectivity index (χ4n) is 3.42. The van der Waals surface area contributed by atoms with E-state index in [9.17, 15) is 29.0 Å². The number of aliphatic hydroxyl groups is 1. The molecular weight excluding hydrogens is 319 g/mol. The molecule has 8 nitrogen and oxygen atoms in total. The molecule has 0 aromatic heterocycles. The molecule has 0 spiro atoms. The topological polar surface area (TPSA) is 133 Å². The van der Waals surface area contributed by atoms with Crippen LogP contribution in [0.15, 0.2) is 0 Å². The number of phenolic OH excluding ortho intramolecular Hbond substituents is 1. The van der Waals surface area contributed by atoms with Gasteiger partial charge in [-0.1, -0.05) is 0 Å². The third-order valence-corrected chi connectivity index (χ3v) is 4.58. The van der Waals surface area contributed by atoms with E-state index >= 15 is 0 Å². The summed E-state index contributed by atoms with van der Waals surface area (Å²) in [5.41, 5.74) is 2.72. The van der Waals surface area contributed by atoms with Gasteiger partial charge in [-0.2, -0.15) is 0 Å². The first-order chi connectivity index (χ1) is 11.1. The number of phenols is 1. The van der Waals surface area contributed by atoms with Crippen LogP contribution in [-0.2, 0) is 15.2 Å². The highest BCUT2D eigenvalue weighted by Gasteiger charge is 2.53. The van der Waals surface area contributed by atoms with E-state index in [1.807, 2.05) is 0 Å². The van der Waals surface area contributed by atoms with E-state index in [-0.39, 0.29) is 29.4 Å². The summed E-state index contributed by atoms with van der Waals surface area (Å²) in [4.78, 5) is 37.0. The molecule has 0 bridgehead atoms. The minimum absolute atomic E-state index is 0.000682. The third-order valence-electron chi connectivity index (χ3n) is 4.58. The third kappa shape index (κ3) is 1.94. The Bertz CT molecular complexity index is 814. The van der Waals surface area contributed by atoms with Crippen LogP contribution in [0.3, 0.4) is 0 Å². The number of carbonyl (C=O) groups excluding carboxylic acids is 3. The van der Waals surface area contributed by atoms with Crippen LogP contribution in [0.2, 0.25) is 0 Å². The molecule has 5 N–H and O–H groups in total. The van der Waals surface area contributed by atoms with Crippen molar-refractivity contribution in [2.24, 2.45) is 0 Å². The van der Waals surface area contributed by atoms with Gasteiger partial charge in [-0.25, -0.2) is 4.39 Å². The zero-order valence-electron chi connectivity index (χ0n) is 13.0. The number of imide groups is 1. The van der Waals surface area contributed by atoms with Gasteiger partial charge in [0.05, 0.1) is 5.69 Å². The van der Waals surface area contributed by atoms with Gasteiger partial charge < -0.3 is 20.8 Å². The van der Waals surface area contributed by atoms with Crippen LogP contribution in [0, 0.1) is 5.82 Å². The monoisotopic (exact) mass is 333 g/mol. The second kappa shape index (κ2) is 4.97. The Kier molecular flexibility index (Phi) is 3.38. The molecule has 0 saturated carbocycles. The van der Waals surface area contributed by atoms with Crippen molar-refractivity contribution >= 4 is 44.6 Å². The first-order valence-electron chi connectivity index (χ1n) is 7.29. The minimum atomic E-state index is -2.03. The maximum absolute atomic E-state index is 14.1. The quantitative estimate of drug-likeness (QED) is 0.181. The van der Waals surface area contributed by atoms with E-state index in [0.717, 1.165) is 4.90 Å². The summed E-state index contributed by atoms with van der Waals surface area (Å²) in [6, 6.07) is -1.11. The maximum Gasteiger partial charge on any atom is 0.256 e. The van der Waals surface area contributed by atoms with Gasteiger partial charge in [0, 0.05) is 17.5 Å². The van der Waals surface area contributed by atoms with E-state index in [2.05, 4.69) is 5.32 Å². The molecule has 1 saturated heterocycles. The van der Waals surface area contributed by atoms with Gasteiger partial charge in [0.25, 0.3) is 5.91 Å². The molecule has 3 amide bonds. The molecule has 3 rings (SSSR count). The number of piperidine rings is 1. The van der Waals surface area contributed by atoms with Crippen molar-refractivity contribution in [3.8, 4) is 5.75 Å². The first-order valence-corrected chi connectivity index (χ1v) is 7.29. The number of nitrogens with one attached hydrogen (secondary N) is 1. The summed E-state index contributed by atoms with van der Waals surface area (Å²) >= 11 is 0. The number of benzene rings is 1. The molecule has 1 aromatic rings. The Balaban J connectivity index is 2.18. The number of nitrogens with zero attached hydrogens (tertiary/aromatic N) is 1. The highest BCUT2D eigenvalue weighted by atomic mass is 19.1. The highest BCUT2D eigenvalue weighted by molar-refractivity contribution is 6.39. The Hall–Kier alpha value is -2.55. The number of nitrogen functional groups attached to an aromatic ring is 1. The maximum atomic E-state index is 14.1. The molecule has 124 valence electrons. The average molecular weight is 333 g/mol. The van der Waals surface area contributed by atoms with Gasteiger partial charge in [0.2, 0.25) is 11.8 Å². The molecule has 2 heterocycles. The van der Waals surface area contributed by atoms with E-state index in [4.69, 9.17) is 5.73 Å².